The zero-order valence-corrected chi connectivity index (χ0v) is 15.1. The van der Waals surface area contributed by atoms with Crippen LogP contribution in [0, 0.1) is 10.1 Å². The fourth-order valence-corrected chi connectivity index (χ4v) is 3.75. The Morgan fingerprint density at radius 1 is 1.24 bits per heavy atom. The zero-order valence-electron chi connectivity index (χ0n) is 14.3. The van der Waals surface area contributed by atoms with Crippen molar-refractivity contribution in [3.8, 4) is 0 Å². The minimum absolute atomic E-state index is 0.0912. The molecule has 0 aliphatic rings. The lowest BCUT2D eigenvalue weighted by Crippen LogP contribution is -2.31. The highest BCUT2D eigenvalue weighted by Crippen LogP contribution is 2.21. The molecule has 0 aliphatic carbocycles. The van der Waals surface area contributed by atoms with Crippen molar-refractivity contribution >= 4 is 21.7 Å². The van der Waals surface area contributed by atoms with Crippen LogP contribution in [-0.4, -0.2) is 28.9 Å². The van der Waals surface area contributed by atoms with E-state index < -0.39 is 14.9 Å². The van der Waals surface area contributed by atoms with Gasteiger partial charge in [0.1, 0.15) is 0 Å². The predicted molar refractivity (Wildman–Crippen MR) is 94.5 cm³/mol. The molecule has 0 bridgehead atoms. The molecule has 0 aliphatic heterocycles. The van der Waals surface area contributed by atoms with Crippen LogP contribution in [0.5, 0.6) is 0 Å². The standard InChI is InChI=1S/C15H21N5O4S/c1-11(2)18-25(23,24)9-13-6-4-12(5-7-13)8-16-14-15(20(21)22)17-10-19(14)3/h4-7,10-11,16,18H,8-9H2,1-3H3. The molecule has 0 atom stereocenters. The average molecular weight is 367 g/mol. The number of aromatic nitrogens is 2. The molecule has 1 aromatic carbocycles. The second kappa shape index (κ2) is 7.62. The van der Waals surface area contributed by atoms with Crippen molar-refractivity contribution in [3.63, 3.8) is 0 Å². The van der Waals surface area contributed by atoms with Crippen LogP contribution >= 0.6 is 0 Å². The number of hydrogen-bond donors (Lipinski definition) is 2. The van der Waals surface area contributed by atoms with Crippen LogP contribution in [-0.2, 0) is 29.4 Å². The number of hydrogen-bond acceptors (Lipinski definition) is 6. The van der Waals surface area contributed by atoms with Gasteiger partial charge in [-0.1, -0.05) is 24.3 Å². The van der Waals surface area contributed by atoms with Gasteiger partial charge in [-0.2, -0.15) is 0 Å². The SMILES string of the molecule is CC(C)NS(=O)(=O)Cc1ccc(CNc2c([N+](=O)[O-])ncn2C)cc1. The molecular weight excluding hydrogens is 346 g/mol. The Kier molecular flexibility index (Phi) is 5.75. The molecule has 0 amide bonds. The number of anilines is 1. The van der Waals surface area contributed by atoms with Crippen LogP contribution in [0.25, 0.3) is 0 Å². The molecule has 2 N–H and O–H groups in total. The van der Waals surface area contributed by atoms with Crippen molar-refractivity contribution in [2.45, 2.75) is 32.2 Å². The largest absolute Gasteiger partial charge is 0.406 e. The van der Waals surface area contributed by atoms with Gasteiger partial charge < -0.3 is 15.4 Å². The van der Waals surface area contributed by atoms with E-state index >= 15 is 0 Å². The summed E-state index contributed by atoms with van der Waals surface area (Å²) < 4.78 is 27.9. The molecular formula is C15H21N5O4S. The highest BCUT2D eigenvalue weighted by Gasteiger charge is 2.19. The number of aryl methyl sites for hydroxylation is 1. The number of rotatable bonds is 8. The smallest absolute Gasteiger partial charge is 0.360 e. The molecule has 10 heteroatoms. The predicted octanol–water partition coefficient (Wildman–Crippen LogP) is 1.77. The van der Waals surface area contributed by atoms with Crippen LogP contribution in [0.4, 0.5) is 11.6 Å². The Bertz CT molecular complexity index is 843. The van der Waals surface area contributed by atoms with E-state index in [1.807, 2.05) is 0 Å². The second-order valence-corrected chi connectivity index (χ2v) is 7.74. The highest BCUT2D eigenvalue weighted by atomic mass is 32.2. The van der Waals surface area contributed by atoms with Gasteiger partial charge in [0.25, 0.3) is 0 Å². The topological polar surface area (TPSA) is 119 Å². The third-order valence-electron chi connectivity index (χ3n) is 3.35. The molecule has 0 spiro atoms. The van der Waals surface area contributed by atoms with E-state index in [4.69, 9.17) is 0 Å². The van der Waals surface area contributed by atoms with Gasteiger partial charge in [-0.15, -0.1) is 0 Å². The van der Waals surface area contributed by atoms with Crippen molar-refractivity contribution in [2.75, 3.05) is 5.32 Å². The molecule has 25 heavy (non-hydrogen) atoms. The molecule has 1 aromatic heterocycles. The minimum Gasteiger partial charge on any atom is -0.360 e. The van der Waals surface area contributed by atoms with Crippen LogP contribution in [0.2, 0.25) is 0 Å². The maximum Gasteiger partial charge on any atom is 0.406 e. The molecule has 0 saturated carbocycles. The number of sulfonamides is 1. The van der Waals surface area contributed by atoms with Crippen LogP contribution in [0.1, 0.15) is 25.0 Å². The van der Waals surface area contributed by atoms with Crippen molar-refractivity contribution in [1.29, 1.82) is 0 Å². The van der Waals surface area contributed by atoms with Gasteiger partial charge >= 0.3 is 5.82 Å². The summed E-state index contributed by atoms with van der Waals surface area (Å²) in [6.07, 6.45) is 1.37. The molecule has 0 unspecified atom stereocenters. The molecule has 2 aromatic rings. The van der Waals surface area contributed by atoms with Crippen molar-refractivity contribution in [1.82, 2.24) is 14.3 Å². The first-order chi connectivity index (χ1) is 11.7. The summed E-state index contributed by atoms with van der Waals surface area (Å²) in [5.74, 6) is -0.00529. The number of benzene rings is 1. The maximum atomic E-state index is 11.9. The van der Waals surface area contributed by atoms with Gasteiger partial charge in [0.2, 0.25) is 22.2 Å². The highest BCUT2D eigenvalue weighted by molar-refractivity contribution is 7.88. The fraction of sp³-hybridized carbons (Fsp3) is 0.400. The van der Waals surface area contributed by atoms with Gasteiger partial charge in [0, 0.05) is 19.6 Å². The lowest BCUT2D eigenvalue weighted by atomic mass is 10.1. The average Bonchev–Trinajstić information content (AvgIpc) is 2.86. The van der Waals surface area contributed by atoms with Gasteiger partial charge in [0.05, 0.1) is 5.75 Å². The number of imidazole rings is 1. The summed E-state index contributed by atoms with van der Waals surface area (Å²) in [7, 11) is -1.70. The van der Waals surface area contributed by atoms with Gasteiger partial charge in [-0.05, 0) is 34.9 Å². The number of nitro groups is 1. The normalized spacial score (nSPS) is 11.7. The summed E-state index contributed by atoms with van der Waals surface area (Å²) >= 11 is 0. The van der Waals surface area contributed by atoms with E-state index in [0.29, 0.717) is 17.9 Å². The first-order valence-electron chi connectivity index (χ1n) is 7.65. The quantitative estimate of drug-likeness (QED) is 0.542. The van der Waals surface area contributed by atoms with E-state index in [9.17, 15) is 18.5 Å². The van der Waals surface area contributed by atoms with E-state index in [-0.39, 0.29) is 17.6 Å². The van der Waals surface area contributed by atoms with E-state index in [2.05, 4.69) is 15.0 Å². The summed E-state index contributed by atoms with van der Waals surface area (Å²) in [4.78, 5) is 14.1. The first-order valence-corrected chi connectivity index (χ1v) is 9.30. The Morgan fingerprint density at radius 3 is 2.40 bits per heavy atom. The lowest BCUT2D eigenvalue weighted by molar-refractivity contribution is -0.388. The summed E-state index contributed by atoms with van der Waals surface area (Å²) in [6.45, 7) is 3.89. The zero-order chi connectivity index (χ0) is 18.6. The summed E-state index contributed by atoms with van der Waals surface area (Å²) in [5, 5.41) is 13.9. The third-order valence-corrected chi connectivity index (χ3v) is 4.89. The van der Waals surface area contributed by atoms with Crippen molar-refractivity contribution in [2.24, 2.45) is 7.05 Å². The Morgan fingerprint density at radius 2 is 1.84 bits per heavy atom. The molecule has 2 rings (SSSR count). The van der Waals surface area contributed by atoms with Gasteiger partial charge in [-0.25, -0.2) is 13.1 Å². The fourth-order valence-electron chi connectivity index (χ4n) is 2.31. The maximum absolute atomic E-state index is 11.9. The van der Waals surface area contributed by atoms with Crippen LogP contribution in [0.15, 0.2) is 30.6 Å². The molecule has 9 nitrogen and oxygen atoms in total. The van der Waals surface area contributed by atoms with Crippen molar-refractivity contribution < 1.29 is 13.3 Å². The van der Waals surface area contributed by atoms with Gasteiger partial charge in [0.15, 0.2) is 0 Å². The molecule has 0 radical (unpaired) electrons. The Balaban J connectivity index is 2.02. The van der Waals surface area contributed by atoms with E-state index in [1.54, 1.807) is 45.2 Å². The van der Waals surface area contributed by atoms with Gasteiger partial charge in [-0.3, -0.25) is 4.57 Å². The lowest BCUT2D eigenvalue weighted by Gasteiger charge is -2.10. The molecule has 0 saturated heterocycles. The molecule has 1 heterocycles. The van der Waals surface area contributed by atoms with E-state index in [1.165, 1.54) is 10.9 Å². The Labute approximate surface area is 146 Å². The van der Waals surface area contributed by atoms with Crippen molar-refractivity contribution in [3.05, 3.63) is 51.8 Å². The van der Waals surface area contributed by atoms with Crippen LogP contribution in [0.3, 0.4) is 0 Å². The van der Waals surface area contributed by atoms with E-state index in [0.717, 1.165) is 5.56 Å². The second-order valence-electron chi connectivity index (χ2n) is 5.99. The third kappa shape index (κ3) is 5.26. The van der Waals surface area contributed by atoms with Crippen LogP contribution < -0.4 is 10.0 Å². The minimum atomic E-state index is -3.37. The molecule has 0 fully saturated rings. The number of nitrogens with one attached hydrogen (secondary N) is 2. The first kappa shape index (κ1) is 18.9. The summed E-state index contributed by atoms with van der Waals surface area (Å²) in [6, 6.07) is 6.89. The monoisotopic (exact) mass is 367 g/mol. The number of nitrogens with zero attached hydrogens (tertiary/aromatic N) is 3. The molecule has 136 valence electrons. The Hall–Kier alpha value is -2.46. The summed E-state index contributed by atoms with van der Waals surface area (Å²) in [5.41, 5.74) is 1.54.